The zero-order chi connectivity index (χ0) is 11.0. The highest BCUT2D eigenvalue weighted by atomic mass is 16.4. The average Bonchev–Trinajstić information content (AvgIpc) is 2.81. The molecule has 0 saturated heterocycles. The topological polar surface area (TPSA) is 68.0 Å². The van der Waals surface area contributed by atoms with Gasteiger partial charge in [-0.05, 0) is 12.3 Å². The summed E-state index contributed by atoms with van der Waals surface area (Å²) in [7, 11) is 0. The molecular formula is C10H15N3O2. The third kappa shape index (κ3) is 2.00. The Morgan fingerprint density at radius 3 is 3.00 bits per heavy atom. The third-order valence-corrected chi connectivity index (χ3v) is 2.65. The molecule has 2 atom stereocenters. The van der Waals surface area contributed by atoms with E-state index in [-0.39, 0.29) is 11.8 Å². The summed E-state index contributed by atoms with van der Waals surface area (Å²) in [6.07, 6.45) is 2.39. The van der Waals surface area contributed by atoms with Gasteiger partial charge in [-0.25, -0.2) is 0 Å². The van der Waals surface area contributed by atoms with Gasteiger partial charge in [0.2, 0.25) is 0 Å². The Balaban J connectivity index is 2.10. The van der Waals surface area contributed by atoms with Crippen molar-refractivity contribution in [3.05, 3.63) is 12.2 Å². The van der Waals surface area contributed by atoms with Crippen molar-refractivity contribution in [3.63, 3.8) is 0 Å². The Bertz CT molecular complexity index is 372. The molecule has 82 valence electrons. The summed E-state index contributed by atoms with van der Waals surface area (Å²) in [4.78, 5) is 10.7. The first-order valence-electron chi connectivity index (χ1n) is 5.20. The molecule has 1 aliphatic rings. The maximum atomic E-state index is 10.7. The van der Waals surface area contributed by atoms with E-state index < -0.39 is 5.97 Å². The molecule has 0 aliphatic heterocycles. The first kappa shape index (κ1) is 10.1. The van der Waals surface area contributed by atoms with Gasteiger partial charge in [-0.1, -0.05) is 13.8 Å². The number of aromatic nitrogens is 3. The van der Waals surface area contributed by atoms with Gasteiger partial charge in [-0.2, -0.15) is 0 Å². The molecule has 1 aromatic rings. The van der Waals surface area contributed by atoms with Gasteiger partial charge in [0.15, 0.2) is 0 Å². The first-order valence-corrected chi connectivity index (χ1v) is 5.20. The van der Waals surface area contributed by atoms with Gasteiger partial charge in [0.25, 0.3) is 0 Å². The second kappa shape index (κ2) is 3.64. The van der Waals surface area contributed by atoms with Crippen LogP contribution in [0.15, 0.2) is 6.33 Å². The summed E-state index contributed by atoms with van der Waals surface area (Å²) in [6, 6.07) is 0. The van der Waals surface area contributed by atoms with Crippen molar-refractivity contribution in [1.29, 1.82) is 0 Å². The van der Waals surface area contributed by atoms with E-state index in [2.05, 4.69) is 24.0 Å². The largest absolute Gasteiger partial charge is 0.481 e. The predicted molar refractivity (Wildman–Crippen MR) is 53.3 cm³/mol. The van der Waals surface area contributed by atoms with Crippen LogP contribution in [-0.2, 0) is 11.3 Å². The van der Waals surface area contributed by atoms with Crippen LogP contribution in [0.4, 0.5) is 0 Å². The van der Waals surface area contributed by atoms with Crippen LogP contribution in [0.25, 0.3) is 0 Å². The van der Waals surface area contributed by atoms with Crippen LogP contribution in [0.5, 0.6) is 0 Å². The lowest BCUT2D eigenvalue weighted by atomic mass is 10.2. The summed E-state index contributed by atoms with van der Waals surface area (Å²) in [5.74, 6) is 0.445. The van der Waals surface area contributed by atoms with Gasteiger partial charge in [0.05, 0.1) is 5.92 Å². The Morgan fingerprint density at radius 2 is 2.47 bits per heavy atom. The molecule has 2 rings (SSSR count). The van der Waals surface area contributed by atoms with Gasteiger partial charge in [-0.15, -0.1) is 10.2 Å². The molecule has 1 aliphatic carbocycles. The molecule has 0 aromatic carbocycles. The molecule has 5 nitrogen and oxygen atoms in total. The summed E-state index contributed by atoms with van der Waals surface area (Å²) < 4.78 is 1.97. The van der Waals surface area contributed by atoms with E-state index in [1.807, 2.05) is 4.57 Å². The Kier molecular flexibility index (Phi) is 2.46. The quantitative estimate of drug-likeness (QED) is 0.806. The van der Waals surface area contributed by atoms with Gasteiger partial charge in [0, 0.05) is 12.5 Å². The fraction of sp³-hybridized carbons (Fsp3) is 0.700. The fourth-order valence-electron chi connectivity index (χ4n) is 1.84. The monoisotopic (exact) mass is 209 g/mol. The van der Waals surface area contributed by atoms with Crippen LogP contribution >= 0.6 is 0 Å². The van der Waals surface area contributed by atoms with Crippen LogP contribution in [0.2, 0.25) is 0 Å². The minimum Gasteiger partial charge on any atom is -0.481 e. The van der Waals surface area contributed by atoms with E-state index in [4.69, 9.17) is 5.11 Å². The number of aliphatic carboxylic acids is 1. The van der Waals surface area contributed by atoms with Crippen molar-refractivity contribution in [2.75, 3.05) is 0 Å². The minimum atomic E-state index is -0.723. The molecule has 0 spiro atoms. The molecule has 1 heterocycles. The molecule has 0 amide bonds. The van der Waals surface area contributed by atoms with E-state index in [9.17, 15) is 4.79 Å². The van der Waals surface area contributed by atoms with Gasteiger partial charge in [-0.3, -0.25) is 4.79 Å². The van der Waals surface area contributed by atoms with Crippen molar-refractivity contribution in [1.82, 2.24) is 14.8 Å². The molecule has 5 heteroatoms. The normalized spacial score (nSPS) is 24.5. The van der Waals surface area contributed by atoms with Gasteiger partial charge >= 0.3 is 5.97 Å². The number of carbonyl (C=O) groups is 1. The SMILES string of the molecule is CC(C)Cn1cnnc1C1CC1C(=O)O. The molecule has 15 heavy (non-hydrogen) atoms. The van der Waals surface area contributed by atoms with Crippen LogP contribution in [0.3, 0.4) is 0 Å². The van der Waals surface area contributed by atoms with E-state index >= 15 is 0 Å². The fourth-order valence-corrected chi connectivity index (χ4v) is 1.84. The zero-order valence-electron chi connectivity index (χ0n) is 8.92. The molecule has 1 saturated carbocycles. The number of nitrogens with zero attached hydrogens (tertiary/aromatic N) is 3. The van der Waals surface area contributed by atoms with Crippen molar-refractivity contribution in [2.24, 2.45) is 11.8 Å². The molecular weight excluding hydrogens is 194 g/mol. The van der Waals surface area contributed by atoms with E-state index in [1.165, 1.54) is 0 Å². The highest BCUT2D eigenvalue weighted by molar-refractivity contribution is 5.74. The Hall–Kier alpha value is -1.39. The van der Waals surface area contributed by atoms with Crippen LogP contribution in [0, 0.1) is 11.8 Å². The van der Waals surface area contributed by atoms with E-state index in [0.29, 0.717) is 12.3 Å². The number of carboxylic acid groups (broad SMARTS) is 1. The van der Waals surface area contributed by atoms with Crippen LogP contribution in [-0.4, -0.2) is 25.8 Å². The van der Waals surface area contributed by atoms with Crippen molar-refractivity contribution in [3.8, 4) is 0 Å². The van der Waals surface area contributed by atoms with E-state index in [0.717, 1.165) is 12.4 Å². The van der Waals surface area contributed by atoms with E-state index in [1.54, 1.807) is 6.33 Å². The maximum absolute atomic E-state index is 10.7. The summed E-state index contributed by atoms with van der Waals surface area (Å²) in [5, 5.41) is 16.7. The highest BCUT2D eigenvalue weighted by Gasteiger charge is 2.47. The second-order valence-electron chi connectivity index (χ2n) is 4.52. The molecule has 0 radical (unpaired) electrons. The Labute approximate surface area is 88.1 Å². The summed E-state index contributed by atoms with van der Waals surface area (Å²) >= 11 is 0. The minimum absolute atomic E-state index is 0.0729. The smallest absolute Gasteiger partial charge is 0.307 e. The average molecular weight is 209 g/mol. The number of hydrogen-bond donors (Lipinski definition) is 1. The lowest BCUT2D eigenvalue weighted by Crippen LogP contribution is -2.09. The molecule has 2 unspecified atom stereocenters. The molecule has 0 bridgehead atoms. The predicted octanol–water partition coefficient (Wildman–Crippen LogP) is 1.12. The van der Waals surface area contributed by atoms with Gasteiger partial charge < -0.3 is 9.67 Å². The standard InChI is InChI=1S/C10H15N3O2/c1-6(2)4-13-5-11-12-9(13)7-3-8(7)10(14)15/h5-8H,3-4H2,1-2H3,(H,14,15). The van der Waals surface area contributed by atoms with Crippen molar-refractivity contribution < 1.29 is 9.90 Å². The van der Waals surface area contributed by atoms with Crippen molar-refractivity contribution in [2.45, 2.75) is 32.7 Å². The number of hydrogen-bond acceptors (Lipinski definition) is 3. The lowest BCUT2D eigenvalue weighted by molar-refractivity contribution is -0.138. The first-order chi connectivity index (χ1) is 7.09. The third-order valence-electron chi connectivity index (χ3n) is 2.65. The number of carboxylic acids is 1. The zero-order valence-corrected chi connectivity index (χ0v) is 8.92. The lowest BCUT2D eigenvalue weighted by Gasteiger charge is -2.08. The molecule has 1 fully saturated rings. The van der Waals surface area contributed by atoms with Crippen LogP contribution < -0.4 is 0 Å². The molecule has 1 aromatic heterocycles. The maximum Gasteiger partial charge on any atom is 0.307 e. The number of rotatable bonds is 4. The van der Waals surface area contributed by atoms with Gasteiger partial charge in [0.1, 0.15) is 12.2 Å². The van der Waals surface area contributed by atoms with Crippen molar-refractivity contribution >= 4 is 5.97 Å². The summed E-state index contributed by atoms with van der Waals surface area (Å²) in [6.45, 7) is 5.09. The Morgan fingerprint density at radius 1 is 1.73 bits per heavy atom. The summed E-state index contributed by atoms with van der Waals surface area (Å²) in [5.41, 5.74) is 0. The molecule has 1 N–H and O–H groups in total. The highest BCUT2D eigenvalue weighted by Crippen LogP contribution is 2.46. The second-order valence-corrected chi connectivity index (χ2v) is 4.52. The van der Waals surface area contributed by atoms with Crippen LogP contribution in [0.1, 0.15) is 32.0 Å².